The minimum absolute atomic E-state index is 0.0182. The van der Waals surface area contributed by atoms with E-state index >= 15 is 0 Å². The molecule has 1 atom stereocenters. The number of carboxylic acid groups (broad SMARTS) is 1. The minimum atomic E-state index is -1.01. The van der Waals surface area contributed by atoms with Crippen LogP contribution < -0.4 is 0 Å². The van der Waals surface area contributed by atoms with Crippen molar-refractivity contribution in [1.29, 1.82) is 0 Å². The van der Waals surface area contributed by atoms with E-state index in [1.54, 1.807) is 20.0 Å². The van der Waals surface area contributed by atoms with E-state index in [4.69, 9.17) is 0 Å². The highest BCUT2D eigenvalue weighted by Crippen LogP contribution is 2.31. The van der Waals surface area contributed by atoms with Crippen LogP contribution >= 0.6 is 0 Å². The van der Waals surface area contributed by atoms with Crippen molar-refractivity contribution in [2.45, 2.75) is 27.2 Å². The van der Waals surface area contributed by atoms with Gasteiger partial charge in [0, 0.05) is 20.0 Å². The maximum Gasteiger partial charge on any atom is 0.310 e. The zero-order chi connectivity index (χ0) is 12.9. The molecule has 0 aromatic rings. The Balaban J connectivity index is 4.72. The lowest BCUT2D eigenvalue weighted by Crippen LogP contribution is -2.39. The molecule has 0 aliphatic carbocycles. The Morgan fingerprint density at radius 2 is 2.00 bits per heavy atom. The van der Waals surface area contributed by atoms with Gasteiger partial charge in [-0.05, 0) is 12.8 Å². The van der Waals surface area contributed by atoms with Gasteiger partial charge < -0.3 is 10.0 Å². The van der Waals surface area contributed by atoms with Crippen LogP contribution in [0.25, 0.3) is 0 Å². The third-order valence-corrected chi connectivity index (χ3v) is 3.11. The van der Waals surface area contributed by atoms with Crippen LogP contribution in [-0.2, 0) is 9.59 Å². The zero-order valence-corrected chi connectivity index (χ0v) is 10.5. The molecule has 0 rings (SSSR count). The zero-order valence-electron chi connectivity index (χ0n) is 10.5. The molecule has 0 saturated heterocycles. The summed E-state index contributed by atoms with van der Waals surface area (Å²) in [6.45, 7) is 9.22. The number of rotatable bonds is 6. The number of nitrogens with zero attached hydrogens (tertiary/aromatic N) is 1. The maximum absolute atomic E-state index is 11.8. The Kier molecular flexibility index (Phi) is 5.21. The van der Waals surface area contributed by atoms with Crippen molar-refractivity contribution in [2.75, 3.05) is 13.6 Å². The number of hydrogen-bond acceptors (Lipinski definition) is 2. The number of hydrogen-bond donors (Lipinski definition) is 1. The lowest BCUT2D eigenvalue weighted by Gasteiger charge is -2.30. The summed E-state index contributed by atoms with van der Waals surface area (Å²) in [6.07, 6.45) is 1.63. The summed E-state index contributed by atoms with van der Waals surface area (Å²) >= 11 is 0. The fraction of sp³-hybridized carbons (Fsp3) is 0.667. The molecule has 0 aromatic heterocycles. The summed E-state index contributed by atoms with van der Waals surface area (Å²) in [6, 6.07) is 0. The van der Waals surface area contributed by atoms with Gasteiger partial charge in [0.15, 0.2) is 0 Å². The SMILES string of the molecule is C=CCN(C)C(=O)CC(C)(C(=O)O)C(C)C. The molecule has 0 aliphatic heterocycles. The van der Waals surface area contributed by atoms with Gasteiger partial charge in [-0.15, -0.1) is 6.58 Å². The quantitative estimate of drug-likeness (QED) is 0.703. The molecule has 1 amide bonds. The molecule has 0 bridgehead atoms. The Bertz CT molecular complexity index is 286. The Morgan fingerprint density at radius 3 is 2.31 bits per heavy atom. The second-order valence-corrected chi connectivity index (χ2v) is 4.62. The van der Waals surface area contributed by atoms with Crippen LogP contribution in [0.2, 0.25) is 0 Å². The number of amides is 1. The van der Waals surface area contributed by atoms with E-state index in [0.29, 0.717) is 6.54 Å². The second kappa shape index (κ2) is 5.68. The molecule has 92 valence electrons. The molecule has 16 heavy (non-hydrogen) atoms. The van der Waals surface area contributed by atoms with Crippen molar-refractivity contribution in [2.24, 2.45) is 11.3 Å². The molecule has 0 heterocycles. The Labute approximate surface area is 96.9 Å². The van der Waals surface area contributed by atoms with Gasteiger partial charge in [-0.2, -0.15) is 0 Å². The van der Waals surface area contributed by atoms with Crippen molar-refractivity contribution < 1.29 is 14.7 Å². The van der Waals surface area contributed by atoms with Gasteiger partial charge >= 0.3 is 5.97 Å². The first-order chi connectivity index (χ1) is 7.25. The van der Waals surface area contributed by atoms with E-state index in [1.165, 1.54) is 4.90 Å². The first-order valence-corrected chi connectivity index (χ1v) is 5.34. The molecular formula is C12H21NO3. The van der Waals surface area contributed by atoms with Crippen molar-refractivity contribution in [3.05, 3.63) is 12.7 Å². The molecular weight excluding hydrogens is 206 g/mol. The number of likely N-dealkylation sites (N-methyl/N-ethyl adjacent to an activating group) is 1. The van der Waals surface area contributed by atoms with Crippen LogP contribution in [0.15, 0.2) is 12.7 Å². The molecule has 0 fully saturated rings. The van der Waals surface area contributed by atoms with Gasteiger partial charge in [-0.3, -0.25) is 9.59 Å². The van der Waals surface area contributed by atoms with Gasteiger partial charge in [0.05, 0.1) is 5.41 Å². The summed E-state index contributed by atoms with van der Waals surface area (Å²) in [7, 11) is 1.65. The van der Waals surface area contributed by atoms with Crippen LogP contribution in [0, 0.1) is 11.3 Å². The van der Waals surface area contributed by atoms with Crippen LogP contribution in [0.4, 0.5) is 0 Å². The first-order valence-electron chi connectivity index (χ1n) is 5.34. The van der Waals surface area contributed by atoms with E-state index < -0.39 is 11.4 Å². The lowest BCUT2D eigenvalue weighted by atomic mass is 9.76. The standard InChI is InChI=1S/C12H21NO3/c1-6-7-13(5)10(14)8-12(4,9(2)3)11(15)16/h6,9H,1,7-8H2,2-5H3,(H,15,16). The van der Waals surface area contributed by atoms with Gasteiger partial charge in [0.1, 0.15) is 0 Å². The van der Waals surface area contributed by atoms with Crippen molar-refractivity contribution in [3.63, 3.8) is 0 Å². The molecule has 0 radical (unpaired) electrons. The smallest absolute Gasteiger partial charge is 0.310 e. The van der Waals surface area contributed by atoms with Crippen LogP contribution in [0.3, 0.4) is 0 Å². The van der Waals surface area contributed by atoms with Crippen molar-refractivity contribution in [3.8, 4) is 0 Å². The summed E-state index contributed by atoms with van der Waals surface area (Å²) in [5.74, 6) is -1.19. The summed E-state index contributed by atoms with van der Waals surface area (Å²) in [4.78, 5) is 24.4. The Hall–Kier alpha value is -1.32. The molecule has 0 aromatic carbocycles. The van der Waals surface area contributed by atoms with E-state index in [-0.39, 0.29) is 18.2 Å². The van der Waals surface area contributed by atoms with Gasteiger partial charge in [0.2, 0.25) is 5.91 Å². The predicted molar refractivity (Wildman–Crippen MR) is 63.0 cm³/mol. The lowest BCUT2D eigenvalue weighted by molar-refractivity contribution is -0.155. The largest absolute Gasteiger partial charge is 0.481 e. The van der Waals surface area contributed by atoms with Crippen LogP contribution in [0.5, 0.6) is 0 Å². The third-order valence-electron chi connectivity index (χ3n) is 3.11. The molecule has 4 heteroatoms. The minimum Gasteiger partial charge on any atom is -0.481 e. The maximum atomic E-state index is 11.8. The van der Waals surface area contributed by atoms with E-state index in [1.807, 2.05) is 13.8 Å². The molecule has 0 saturated carbocycles. The van der Waals surface area contributed by atoms with Gasteiger partial charge in [-0.1, -0.05) is 19.9 Å². The topological polar surface area (TPSA) is 57.6 Å². The highest BCUT2D eigenvalue weighted by molar-refractivity contribution is 5.84. The van der Waals surface area contributed by atoms with Crippen LogP contribution in [0.1, 0.15) is 27.2 Å². The molecule has 1 unspecified atom stereocenters. The molecule has 4 nitrogen and oxygen atoms in total. The predicted octanol–water partition coefficient (Wildman–Crippen LogP) is 1.77. The highest BCUT2D eigenvalue weighted by atomic mass is 16.4. The average molecular weight is 227 g/mol. The summed E-state index contributed by atoms with van der Waals surface area (Å²) in [5.41, 5.74) is -1.01. The van der Waals surface area contributed by atoms with E-state index in [2.05, 4.69) is 6.58 Å². The van der Waals surface area contributed by atoms with E-state index in [9.17, 15) is 14.7 Å². The normalized spacial score (nSPS) is 14.3. The number of carboxylic acids is 1. The van der Waals surface area contributed by atoms with Crippen molar-refractivity contribution in [1.82, 2.24) is 4.90 Å². The fourth-order valence-electron chi connectivity index (χ4n) is 1.27. The van der Waals surface area contributed by atoms with Crippen molar-refractivity contribution >= 4 is 11.9 Å². The molecule has 1 N–H and O–H groups in total. The number of carbonyl (C=O) groups excluding carboxylic acids is 1. The number of aliphatic carboxylic acids is 1. The summed E-state index contributed by atoms with van der Waals surface area (Å²) < 4.78 is 0. The van der Waals surface area contributed by atoms with Gasteiger partial charge in [0.25, 0.3) is 0 Å². The third kappa shape index (κ3) is 3.36. The molecule has 0 spiro atoms. The Morgan fingerprint density at radius 1 is 1.50 bits per heavy atom. The highest BCUT2D eigenvalue weighted by Gasteiger charge is 2.39. The van der Waals surface area contributed by atoms with Crippen LogP contribution in [-0.4, -0.2) is 35.5 Å². The van der Waals surface area contributed by atoms with E-state index in [0.717, 1.165) is 0 Å². The first kappa shape index (κ1) is 14.7. The fourth-order valence-corrected chi connectivity index (χ4v) is 1.27. The summed E-state index contributed by atoms with van der Waals surface area (Å²) in [5, 5.41) is 9.17. The average Bonchev–Trinajstić information content (AvgIpc) is 2.17. The van der Waals surface area contributed by atoms with Gasteiger partial charge in [-0.25, -0.2) is 0 Å². The monoisotopic (exact) mass is 227 g/mol. The number of carbonyl (C=O) groups is 2. The molecule has 0 aliphatic rings. The second-order valence-electron chi connectivity index (χ2n) is 4.62.